The van der Waals surface area contributed by atoms with Gasteiger partial charge in [0.15, 0.2) is 0 Å². The molecule has 110 valence electrons. The highest BCUT2D eigenvalue weighted by Gasteiger charge is 2.36. The number of nitrogens with two attached hydrogens (primary N) is 1. The Kier molecular flexibility index (Phi) is 4.33. The fourth-order valence-corrected chi connectivity index (χ4v) is 2.14. The normalized spacial score (nSPS) is 16.6. The number of carbonyl (C=O) groups is 1. The maximum atomic E-state index is 12.3. The van der Waals surface area contributed by atoms with E-state index in [2.05, 4.69) is 5.32 Å². The summed E-state index contributed by atoms with van der Waals surface area (Å²) < 4.78 is 5.17. The van der Waals surface area contributed by atoms with Crippen molar-refractivity contribution in [3.05, 3.63) is 29.8 Å². The average molecular weight is 276 g/mol. The van der Waals surface area contributed by atoms with Crippen molar-refractivity contribution in [3.63, 3.8) is 0 Å². The third kappa shape index (κ3) is 3.31. The lowest BCUT2D eigenvalue weighted by Crippen LogP contribution is -2.43. The van der Waals surface area contributed by atoms with Crippen LogP contribution in [0.4, 0.5) is 0 Å². The average Bonchev–Trinajstić information content (AvgIpc) is 3.29. The quantitative estimate of drug-likeness (QED) is 0.837. The lowest BCUT2D eigenvalue weighted by molar-refractivity contribution is -0.129. The number of carbonyl (C=O) groups excluding carboxylic acids is 1. The van der Waals surface area contributed by atoms with E-state index in [1.165, 1.54) is 12.8 Å². The van der Waals surface area contributed by atoms with E-state index in [0.717, 1.165) is 11.3 Å². The van der Waals surface area contributed by atoms with Crippen LogP contribution in [0.2, 0.25) is 0 Å². The van der Waals surface area contributed by atoms with Crippen LogP contribution in [0.5, 0.6) is 5.75 Å². The molecule has 20 heavy (non-hydrogen) atoms. The number of hydrogen-bond donors (Lipinski definition) is 2. The number of methoxy groups -OCH3 is 1. The molecule has 1 amide bonds. The van der Waals surface area contributed by atoms with Gasteiger partial charge in [0.2, 0.25) is 5.91 Å². The van der Waals surface area contributed by atoms with Gasteiger partial charge in [-0.2, -0.15) is 0 Å². The molecule has 0 aliphatic heterocycles. The fourth-order valence-electron chi connectivity index (χ4n) is 2.14. The van der Waals surface area contributed by atoms with Crippen molar-refractivity contribution in [2.45, 2.75) is 32.7 Å². The summed E-state index contributed by atoms with van der Waals surface area (Å²) in [6, 6.07) is 8.00. The first kappa shape index (κ1) is 14.9. The number of benzene rings is 1. The first-order chi connectivity index (χ1) is 9.47. The minimum Gasteiger partial charge on any atom is -0.497 e. The van der Waals surface area contributed by atoms with Gasteiger partial charge in [0.25, 0.3) is 0 Å². The topological polar surface area (TPSA) is 64.3 Å². The molecule has 1 aliphatic rings. The standard InChI is InChI=1S/C16H24N2O2/c1-16(2,10-17)15(19)18-14(11-4-5-11)12-6-8-13(20-3)9-7-12/h6-9,11,14H,4-5,10,17H2,1-3H3,(H,18,19). The maximum absolute atomic E-state index is 12.3. The third-order valence-corrected chi connectivity index (χ3v) is 3.98. The lowest BCUT2D eigenvalue weighted by Gasteiger charge is -2.26. The maximum Gasteiger partial charge on any atom is 0.227 e. The minimum atomic E-state index is -0.528. The highest BCUT2D eigenvalue weighted by atomic mass is 16.5. The Morgan fingerprint density at radius 3 is 2.45 bits per heavy atom. The van der Waals surface area contributed by atoms with E-state index in [1.807, 2.05) is 38.1 Å². The van der Waals surface area contributed by atoms with Crippen LogP contribution in [0.1, 0.15) is 38.3 Å². The van der Waals surface area contributed by atoms with Gasteiger partial charge in [0, 0.05) is 6.54 Å². The molecule has 1 aromatic carbocycles. The molecule has 0 heterocycles. The molecule has 1 aliphatic carbocycles. The molecule has 2 rings (SSSR count). The molecule has 0 spiro atoms. The smallest absolute Gasteiger partial charge is 0.227 e. The van der Waals surface area contributed by atoms with E-state index in [1.54, 1.807) is 7.11 Å². The zero-order valence-electron chi connectivity index (χ0n) is 12.5. The molecule has 0 saturated heterocycles. The van der Waals surface area contributed by atoms with Crippen molar-refractivity contribution in [3.8, 4) is 5.75 Å². The van der Waals surface area contributed by atoms with Gasteiger partial charge in [-0.15, -0.1) is 0 Å². The second-order valence-electron chi connectivity index (χ2n) is 6.15. The van der Waals surface area contributed by atoms with E-state index >= 15 is 0 Å². The van der Waals surface area contributed by atoms with Crippen LogP contribution in [0.15, 0.2) is 24.3 Å². The van der Waals surface area contributed by atoms with E-state index < -0.39 is 5.41 Å². The molecular formula is C16H24N2O2. The highest BCUT2D eigenvalue weighted by molar-refractivity contribution is 5.82. The molecule has 4 heteroatoms. The number of rotatable bonds is 6. The molecule has 0 radical (unpaired) electrons. The largest absolute Gasteiger partial charge is 0.497 e. The second kappa shape index (κ2) is 5.83. The number of amides is 1. The van der Waals surface area contributed by atoms with E-state index in [9.17, 15) is 4.79 Å². The van der Waals surface area contributed by atoms with Crippen LogP contribution in [0.3, 0.4) is 0 Å². The van der Waals surface area contributed by atoms with Gasteiger partial charge in [-0.3, -0.25) is 4.79 Å². The summed E-state index contributed by atoms with van der Waals surface area (Å²) in [5, 5.41) is 3.16. The summed E-state index contributed by atoms with van der Waals surface area (Å²) >= 11 is 0. The molecule has 0 aromatic heterocycles. The number of ether oxygens (including phenoxy) is 1. The zero-order valence-corrected chi connectivity index (χ0v) is 12.5. The van der Waals surface area contributed by atoms with Gasteiger partial charge in [0.1, 0.15) is 5.75 Å². The minimum absolute atomic E-state index is 0.0210. The summed E-state index contributed by atoms with van der Waals surface area (Å²) in [6.07, 6.45) is 2.33. The van der Waals surface area contributed by atoms with Crippen molar-refractivity contribution < 1.29 is 9.53 Å². The Morgan fingerprint density at radius 2 is 2.00 bits per heavy atom. The van der Waals surface area contributed by atoms with E-state index in [0.29, 0.717) is 12.5 Å². The first-order valence-electron chi connectivity index (χ1n) is 7.13. The first-order valence-corrected chi connectivity index (χ1v) is 7.13. The molecule has 1 aromatic rings. The van der Waals surface area contributed by atoms with Crippen molar-refractivity contribution in [2.24, 2.45) is 17.1 Å². The van der Waals surface area contributed by atoms with Gasteiger partial charge in [0.05, 0.1) is 18.6 Å². The predicted molar refractivity (Wildman–Crippen MR) is 79.4 cm³/mol. The molecule has 1 saturated carbocycles. The highest BCUT2D eigenvalue weighted by Crippen LogP contribution is 2.41. The summed E-state index contributed by atoms with van der Waals surface area (Å²) in [5.41, 5.74) is 6.28. The van der Waals surface area contributed by atoms with Crippen LogP contribution >= 0.6 is 0 Å². The monoisotopic (exact) mass is 276 g/mol. The third-order valence-electron chi connectivity index (χ3n) is 3.98. The lowest BCUT2D eigenvalue weighted by atomic mass is 9.91. The molecule has 4 nitrogen and oxygen atoms in total. The van der Waals surface area contributed by atoms with Crippen LogP contribution in [-0.2, 0) is 4.79 Å². The van der Waals surface area contributed by atoms with Gasteiger partial charge >= 0.3 is 0 Å². The van der Waals surface area contributed by atoms with Crippen molar-refractivity contribution in [1.82, 2.24) is 5.32 Å². The molecule has 3 N–H and O–H groups in total. The van der Waals surface area contributed by atoms with Crippen LogP contribution in [0, 0.1) is 11.3 Å². The fraction of sp³-hybridized carbons (Fsp3) is 0.562. The molecular weight excluding hydrogens is 252 g/mol. The summed E-state index contributed by atoms with van der Waals surface area (Å²) in [4.78, 5) is 12.3. The summed E-state index contributed by atoms with van der Waals surface area (Å²) in [5.74, 6) is 1.39. The van der Waals surface area contributed by atoms with E-state index in [4.69, 9.17) is 10.5 Å². The number of hydrogen-bond acceptors (Lipinski definition) is 3. The predicted octanol–water partition coefficient (Wildman–Crippen LogP) is 2.25. The Morgan fingerprint density at radius 1 is 1.40 bits per heavy atom. The van der Waals surface area contributed by atoms with E-state index in [-0.39, 0.29) is 11.9 Å². The molecule has 1 atom stereocenters. The molecule has 0 bridgehead atoms. The van der Waals surface area contributed by atoms with Crippen molar-refractivity contribution in [2.75, 3.05) is 13.7 Å². The SMILES string of the molecule is COc1ccc(C(NC(=O)C(C)(C)CN)C2CC2)cc1. The Labute approximate surface area is 120 Å². The Hall–Kier alpha value is -1.55. The van der Waals surface area contributed by atoms with Crippen LogP contribution in [-0.4, -0.2) is 19.6 Å². The molecule has 1 fully saturated rings. The van der Waals surface area contributed by atoms with Crippen molar-refractivity contribution >= 4 is 5.91 Å². The van der Waals surface area contributed by atoms with Crippen LogP contribution in [0.25, 0.3) is 0 Å². The summed E-state index contributed by atoms with van der Waals surface area (Å²) in [6.45, 7) is 4.10. The zero-order chi connectivity index (χ0) is 14.8. The van der Waals surface area contributed by atoms with Gasteiger partial charge in [-0.05, 0) is 50.3 Å². The number of nitrogens with one attached hydrogen (secondary N) is 1. The molecule has 1 unspecified atom stereocenters. The Bertz CT molecular complexity index is 464. The van der Waals surface area contributed by atoms with Gasteiger partial charge in [-0.25, -0.2) is 0 Å². The summed E-state index contributed by atoms with van der Waals surface area (Å²) in [7, 11) is 1.65. The van der Waals surface area contributed by atoms with Gasteiger partial charge < -0.3 is 15.8 Å². The van der Waals surface area contributed by atoms with Crippen molar-refractivity contribution in [1.29, 1.82) is 0 Å². The van der Waals surface area contributed by atoms with Crippen LogP contribution < -0.4 is 15.8 Å². The van der Waals surface area contributed by atoms with Gasteiger partial charge in [-0.1, -0.05) is 12.1 Å². The second-order valence-corrected chi connectivity index (χ2v) is 6.15. The Balaban J connectivity index is 2.13.